The first-order chi connectivity index (χ1) is 15.1. The molecule has 0 aliphatic carbocycles. The van der Waals surface area contributed by atoms with Crippen molar-refractivity contribution in [1.82, 2.24) is 24.7 Å². The molecule has 1 aromatic carbocycles. The minimum absolute atomic E-state index is 0.0345. The van der Waals surface area contributed by atoms with Gasteiger partial charge in [0.05, 0.1) is 6.54 Å². The van der Waals surface area contributed by atoms with Crippen molar-refractivity contribution >= 4 is 11.8 Å². The third-order valence-electron chi connectivity index (χ3n) is 6.29. The molecule has 1 N–H and O–H groups in total. The van der Waals surface area contributed by atoms with E-state index in [9.17, 15) is 9.59 Å². The van der Waals surface area contributed by atoms with E-state index in [1.807, 2.05) is 41.6 Å². The van der Waals surface area contributed by atoms with Gasteiger partial charge in [0.2, 0.25) is 5.91 Å². The monoisotopic (exact) mass is 439 g/mol. The summed E-state index contributed by atoms with van der Waals surface area (Å²) in [4.78, 5) is 34.3. The summed E-state index contributed by atoms with van der Waals surface area (Å²) >= 11 is 0. The quantitative estimate of drug-likeness (QED) is 0.751. The SMILES string of the molecule is CCn1ccnc1CN1CCN(C(=O)[C@H](C)NC(=O)c2ccc(C(C)(C)C)cc2)C[C@H]1C. The standard InChI is InChI=1S/C25H37N5O2/c1-7-28-13-12-26-22(28)17-29-14-15-30(16-18(29)2)24(32)19(3)27-23(31)20-8-10-21(11-9-20)25(4,5)6/h8-13,18-19H,7,14-17H2,1-6H3,(H,27,31)/t18-,19+/m1/s1. The fourth-order valence-electron chi connectivity index (χ4n) is 4.13. The van der Waals surface area contributed by atoms with Gasteiger partial charge in [0, 0.05) is 50.2 Å². The van der Waals surface area contributed by atoms with E-state index < -0.39 is 6.04 Å². The Bertz CT molecular complexity index is 929. The third-order valence-corrected chi connectivity index (χ3v) is 6.29. The van der Waals surface area contributed by atoms with Crippen LogP contribution in [0, 0.1) is 0 Å². The third kappa shape index (κ3) is 5.57. The molecule has 1 fully saturated rings. The van der Waals surface area contributed by atoms with Gasteiger partial charge in [-0.2, -0.15) is 0 Å². The second kappa shape index (κ2) is 9.86. The maximum absolute atomic E-state index is 13.0. The lowest BCUT2D eigenvalue weighted by Gasteiger charge is -2.40. The Morgan fingerprint density at radius 3 is 2.47 bits per heavy atom. The number of aryl methyl sites for hydroxylation is 1. The Morgan fingerprint density at radius 1 is 1.19 bits per heavy atom. The van der Waals surface area contributed by atoms with Crippen LogP contribution in [0.5, 0.6) is 0 Å². The largest absolute Gasteiger partial charge is 0.341 e. The number of aromatic nitrogens is 2. The fraction of sp³-hybridized carbons (Fsp3) is 0.560. The van der Waals surface area contributed by atoms with Gasteiger partial charge in [-0.3, -0.25) is 14.5 Å². The Hall–Kier alpha value is -2.67. The molecule has 7 heteroatoms. The molecule has 1 saturated heterocycles. The van der Waals surface area contributed by atoms with Gasteiger partial charge in [0.1, 0.15) is 11.9 Å². The van der Waals surface area contributed by atoms with Crippen LogP contribution in [0.3, 0.4) is 0 Å². The Labute approximate surface area is 191 Å². The molecule has 174 valence electrons. The second-order valence-electron chi connectivity index (χ2n) is 9.76. The lowest BCUT2D eigenvalue weighted by atomic mass is 9.86. The maximum atomic E-state index is 13.0. The molecule has 1 aliphatic rings. The van der Waals surface area contributed by atoms with E-state index in [1.54, 1.807) is 6.92 Å². The number of nitrogens with zero attached hydrogens (tertiary/aromatic N) is 4. The zero-order valence-electron chi connectivity index (χ0n) is 20.3. The van der Waals surface area contributed by atoms with Crippen molar-refractivity contribution in [3.8, 4) is 0 Å². The highest BCUT2D eigenvalue weighted by Gasteiger charge is 2.30. The lowest BCUT2D eigenvalue weighted by molar-refractivity contribution is -0.135. The molecule has 1 aromatic heterocycles. The van der Waals surface area contributed by atoms with Crippen molar-refractivity contribution < 1.29 is 9.59 Å². The molecule has 2 heterocycles. The van der Waals surface area contributed by atoms with Crippen molar-refractivity contribution in [3.05, 3.63) is 53.6 Å². The minimum Gasteiger partial charge on any atom is -0.341 e. The summed E-state index contributed by atoms with van der Waals surface area (Å²) in [6.07, 6.45) is 3.84. The number of hydrogen-bond donors (Lipinski definition) is 1. The second-order valence-corrected chi connectivity index (χ2v) is 9.76. The number of nitrogens with one attached hydrogen (secondary N) is 1. The zero-order chi connectivity index (χ0) is 23.5. The highest BCUT2D eigenvalue weighted by atomic mass is 16.2. The summed E-state index contributed by atoms with van der Waals surface area (Å²) in [5, 5.41) is 2.87. The number of hydrogen-bond acceptors (Lipinski definition) is 4. The van der Waals surface area contributed by atoms with E-state index in [2.05, 4.69) is 54.4 Å². The summed E-state index contributed by atoms with van der Waals surface area (Å²) in [7, 11) is 0. The molecule has 3 rings (SSSR count). The number of rotatable bonds is 6. The van der Waals surface area contributed by atoms with Gasteiger partial charge in [0.25, 0.3) is 5.91 Å². The van der Waals surface area contributed by atoms with Crippen molar-refractivity contribution in [3.63, 3.8) is 0 Å². The van der Waals surface area contributed by atoms with Crippen LogP contribution in [-0.4, -0.2) is 62.9 Å². The summed E-state index contributed by atoms with van der Waals surface area (Å²) in [6, 6.07) is 7.27. The van der Waals surface area contributed by atoms with Crippen LogP contribution in [0.2, 0.25) is 0 Å². The topological polar surface area (TPSA) is 70.5 Å². The summed E-state index contributed by atoms with van der Waals surface area (Å²) < 4.78 is 2.15. The molecular formula is C25H37N5O2. The van der Waals surface area contributed by atoms with E-state index in [0.717, 1.165) is 25.5 Å². The van der Waals surface area contributed by atoms with Gasteiger partial charge in [-0.25, -0.2) is 4.98 Å². The van der Waals surface area contributed by atoms with Crippen LogP contribution >= 0.6 is 0 Å². The van der Waals surface area contributed by atoms with Crippen LogP contribution in [0.4, 0.5) is 0 Å². The van der Waals surface area contributed by atoms with Crippen LogP contribution < -0.4 is 5.32 Å². The van der Waals surface area contributed by atoms with Crippen molar-refractivity contribution in [2.45, 2.75) is 72.1 Å². The van der Waals surface area contributed by atoms with Crippen LogP contribution in [0.1, 0.15) is 63.3 Å². The molecular weight excluding hydrogens is 402 g/mol. The Balaban J connectivity index is 1.54. The van der Waals surface area contributed by atoms with Gasteiger partial charge in [-0.05, 0) is 43.9 Å². The molecule has 0 saturated carbocycles. The van der Waals surface area contributed by atoms with E-state index in [-0.39, 0.29) is 23.3 Å². The predicted molar refractivity (Wildman–Crippen MR) is 126 cm³/mol. The van der Waals surface area contributed by atoms with E-state index in [0.29, 0.717) is 18.7 Å². The molecule has 1 aliphatic heterocycles. The number of imidazole rings is 1. The van der Waals surface area contributed by atoms with Crippen molar-refractivity contribution in [1.29, 1.82) is 0 Å². The zero-order valence-corrected chi connectivity index (χ0v) is 20.3. The van der Waals surface area contributed by atoms with Gasteiger partial charge >= 0.3 is 0 Å². The van der Waals surface area contributed by atoms with E-state index in [4.69, 9.17) is 0 Å². The average molecular weight is 440 g/mol. The average Bonchev–Trinajstić information content (AvgIpc) is 3.21. The molecule has 0 spiro atoms. The van der Waals surface area contributed by atoms with Gasteiger partial charge in [-0.1, -0.05) is 32.9 Å². The first kappa shape index (κ1) is 24.0. The maximum Gasteiger partial charge on any atom is 0.251 e. The fourth-order valence-corrected chi connectivity index (χ4v) is 4.13. The van der Waals surface area contributed by atoms with Crippen molar-refractivity contribution in [2.75, 3.05) is 19.6 Å². The van der Waals surface area contributed by atoms with Crippen LogP contribution in [0.15, 0.2) is 36.7 Å². The lowest BCUT2D eigenvalue weighted by Crippen LogP contribution is -2.57. The number of carbonyl (C=O) groups excluding carboxylic acids is 2. The Morgan fingerprint density at radius 2 is 1.88 bits per heavy atom. The minimum atomic E-state index is -0.567. The van der Waals surface area contributed by atoms with Gasteiger partial charge in [-0.15, -0.1) is 0 Å². The number of piperazine rings is 1. The molecule has 7 nitrogen and oxygen atoms in total. The Kier molecular flexibility index (Phi) is 7.39. The van der Waals surface area contributed by atoms with Crippen LogP contribution in [-0.2, 0) is 23.3 Å². The highest BCUT2D eigenvalue weighted by Crippen LogP contribution is 2.22. The smallest absolute Gasteiger partial charge is 0.251 e. The van der Waals surface area contributed by atoms with E-state index >= 15 is 0 Å². The number of benzene rings is 1. The number of carbonyl (C=O) groups is 2. The molecule has 2 amide bonds. The molecule has 2 atom stereocenters. The molecule has 0 unspecified atom stereocenters. The summed E-state index contributed by atoms with van der Waals surface area (Å²) in [6.45, 7) is 16.2. The van der Waals surface area contributed by atoms with Gasteiger partial charge in [0.15, 0.2) is 0 Å². The molecule has 2 aromatic rings. The molecule has 0 bridgehead atoms. The molecule has 32 heavy (non-hydrogen) atoms. The van der Waals surface area contributed by atoms with Gasteiger partial charge < -0.3 is 14.8 Å². The normalized spacial score (nSPS) is 18.4. The first-order valence-corrected chi connectivity index (χ1v) is 11.5. The number of amides is 2. The summed E-state index contributed by atoms with van der Waals surface area (Å²) in [5.74, 6) is 0.799. The highest BCUT2D eigenvalue weighted by molar-refractivity contribution is 5.97. The summed E-state index contributed by atoms with van der Waals surface area (Å²) in [5.41, 5.74) is 1.78. The molecule has 0 radical (unpaired) electrons. The van der Waals surface area contributed by atoms with E-state index in [1.165, 1.54) is 5.56 Å². The van der Waals surface area contributed by atoms with Crippen LogP contribution in [0.25, 0.3) is 0 Å². The van der Waals surface area contributed by atoms with Crippen molar-refractivity contribution in [2.24, 2.45) is 0 Å². The predicted octanol–water partition coefficient (Wildman–Crippen LogP) is 3.05. The first-order valence-electron chi connectivity index (χ1n) is 11.5.